The Morgan fingerprint density at radius 1 is 0.441 bits per heavy atom. The topological polar surface area (TPSA) is 155 Å². The van der Waals surface area contributed by atoms with E-state index in [4.69, 9.17) is 23.3 Å². The third-order valence-electron chi connectivity index (χ3n) is 10.5. The van der Waals surface area contributed by atoms with E-state index in [-0.39, 0.29) is 19.3 Å². The van der Waals surface area contributed by atoms with Crippen LogP contribution in [0, 0.1) is 0 Å². The molecule has 388 valence electrons. The van der Waals surface area contributed by atoms with Crippen LogP contribution in [-0.4, -0.2) is 66.5 Å². The van der Waals surface area contributed by atoms with E-state index in [1.54, 1.807) is 6.08 Å². The van der Waals surface area contributed by atoms with Crippen LogP contribution in [0.25, 0.3) is 0 Å². The molecule has 0 saturated heterocycles. The number of rotatable bonds is 47. The number of aliphatic hydroxyl groups excluding tert-OH is 1. The average Bonchev–Trinajstić information content (AvgIpc) is 3.32. The van der Waals surface area contributed by atoms with Crippen LogP contribution in [0.3, 0.4) is 0 Å². The highest BCUT2D eigenvalue weighted by Crippen LogP contribution is 2.43. The molecule has 0 aliphatic heterocycles. The second-order valence-electron chi connectivity index (χ2n) is 17.0. The molecule has 3 atom stereocenters. The van der Waals surface area contributed by atoms with Gasteiger partial charge in [0.05, 0.1) is 26.2 Å². The lowest BCUT2D eigenvalue weighted by molar-refractivity contribution is -0.161. The Morgan fingerprint density at radius 3 is 1.32 bits per heavy atom. The van der Waals surface area contributed by atoms with Gasteiger partial charge >= 0.3 is 25.7 Å². The van der Waals surface area contributed by atoms with Crippen molar-refractivity contribution in [2.45, 2.75) is 213 Å². The van der Waals surface area contributed by atoms with Crippen molar-refractivity contribution in [1.29, 1.82) is 0 Å². The first-order chi connectivity index (χ1) is 33.2. The summed E-state index contributed by atoms with van der Waals surface area (Å²) in [6.45, 7) is 4.28. The number of allylic oxidation sites excluding steroid dienone is 15. The van der Waals surface area contributed by atoms with E-state index in [0.717, 1.165) is 116 Å². The van der Waals surface area contributed by atoms with Gasteiger partial charge in [-0.15, -0.1) is 0 Å². The maximum atomic E-state index is 12.8. The van der Waals surface area contributed by atoms with Crippen LogP contribution in [0.5, 0.6) is 0 Å². The molecule has 0 bridgehead atoms. The molecular formula is C56H93O11P. The number of carbonyl (C=O) groups excluding carboxylic acids is 3. The minimum atomic E-state index is -4.77. The van der Waals surface area contributed by atoms with E-state index >= 15 is 0 Å². The third-order valence-corrected chi connectivity index (χ3v) is 11.4. The monoisotopic (exact) mass is 973 g/mol. The first-order valence-corrected chi connectivity index (χ1v) is 27.6. The number of hydrogen-bond acceptors (Lipinski definition) is 10. The van der Waals surface area contributed by atoms with Crippen molar-refractivity contribution in [2.75, 3.05) is 26.4 Å². The van der Waals surface area contributed by atoms with Gasteiger partial charge in [-0.05, 0) is 96.3 Å². The molecule has 2 N–H and O–H groups in total. The Morgan fingerprint density at radius 2 is 0.838 bits per heavy atom. The van der Waals surface area contributed by atoms with E-state index in [2.05, 4.69) is 99.8 Å². The fourth-order valence-corrected chi connectivity index (χ4v) is 7.30. The fourth-order valence-electron chi connectivity index (χ4n) is 6.52. The lowest BCUT2D eigenvalue weighted by Gasteiger charge is -2.21. The Labute approximate surface area is 412 Å². The van der Waals surface area contributed by atoms with Crippen LogP contribution in [0.4, 0.5) is 0 Å². The molecule has 0 radical (unpaired) electrons. The lowest BCUT2D eigenvalue weighted by Crippen LogP contribution is -2.30. The third kappa shape index (κ3) is 47.5. The first-order valence-electron chi connectivity index (χ1n) is 26.1. The average molecular weight is 973 g/mol. The first kappa shape index (κ1) is 64.4. The molecule has 68 heavy (non-hydrogen) atoms. The van der Waals surface area contributed by atoms with E-state index in [0.29, 0.717) is 19.3 Å². The van der Waals surface area contributed by atoms with Crippen molar-refractivity contribution in [2.24, 2.45) is 0 Å². The quantitative estimate of drug-likeness (QED) is 0.0197. The zero-order valence-corrected chi connectivity index (χ0v) is 43.4. The van der Waals surface area contributed by atoms with Crippen LogP contribution in [0.1, 0.15) is 201 Å². The summed E-state index contributed by atoms with van der Waals surface area (Å²) in [4.78, 5) is 48.2. The number of unbranched alkanes of at least 4 members (excludes halogenated alkanes) is 15. The molecule has 0 amide bonds. The summed E-state index contributed by atoms with van der Waals surface area (Å²) in [5, 5.41) is 9.77. The summed E-state index contributed by atoms with van der Waals surface area (Å²) in [7, 11) is -4.77. The van der Waals surface area contributed by atoms with E-state index in [1.165, 1.54) is 25.7 Å². The number of phosphoric ester groups is 1. The van der Waals surface area contributed by atoms with Gasteiger partial charge in [0.25, 0.3) is 0 Å². The molecule has 0 saturated carbocycles. The predicted octanol–water partition coefficient (Wildman–Crippen LogP) is 14.9. The van der Waals surface area contributed by atoms with Gasteiger partial charge in [-0.3, -0.25) is 23.4 Å². The van der Waals surface area contributed by atoms with Crippen LogP contribution >= 0.6 is 7.82 Å². The minimum absolute atomic E-state index is 0.0130. The molecule has 12 heteroatoms. The van der Waals surface area contributed by atoms with Gasteiger partial charge in [-0.2, -0.15) is 0 Å². The van der Waals surface area contributed by atoms with Gasteiger partial charge in [0, 0.05) is 12.8 Å². The fraction of sp³-hybridized carbons (Fsp3) is 0.661. The number of phosphoric acid groups is 1. The maximum Gasteiger partial charge on any atom is 0.472 e. The van der Waals surface area contributed by atoms with Crippen molar-refractivity contribution in [3.8, 4) is 0 Å². The predicted molar refractivity (Wildman–Crippen MR) is 279 cm³/mol. The SMILES string of the molecule is CC/C=C\C/C=C\C/C=C\C/C=C\C/C=C\CC(=O)OCC(COP(=O)(O)OCC(CO)OC(=O)CCCCCCC/C=C\CCCCCC)OC(=O)CCCCCCC/C=C\C/C=C\CCC. The Bertz CT molecular complexity index is 1510. The van der Waals surface area contributed by atoms with Crippen LogP contribution in [0.15, 0.2) is 97.2 Å². The molecule has 0 aromatic heterocycles. The van der Waals surface area contributed by atoms with Crippen molar-refractivity contribution < 1.29 is 52.2 Å². The molecule has 0 heterocycles. The summed E-state index contributed by atoms with van der Waals surface area (Å²) in [5.41, 5.74) is 0. The maximum absolute atomic E-state index is 12.8. The normalized spacial score (nSPS) is 14.2. The molecule has 11 nitrogen and oxygen atoms in total. The summed E-state index contributed by atoms with van der Waals surface area (Å²) >= 11 is 0. The lowest BCUT2D eigenvalue weighted by atomic mass is 10.1. The Kier molecular flexibility index (Phi) is 47.2. The Balaban J connectivity index is 4.88. The largest absolute Gasteiger partial charge is 0.472 e. The number of ether oxygens (including phenoxy) is 3. The summed E-state index contributed by atoms with van der Waals surface area (Å²) in [6.07, 6.45) is 56.9. The van der Waals surface area contributed by atoms with Crippen molar-refractivity contribution in [3.05, 3.63) is 97.2 Å². The smallest absolute Gasteiger partial charge is 0.461 e. The number of aliphatic hydroxyl groups is 1. The van der Waals surface area contributed by atoms with Crippen molar-refractivity contribution in [3.63, 3.8) is 0 Å². The Hall–Kier alpha value is -3.60. The highest BCUT2D eigenvalue weighted by molar-refractivity contribution is 7.47. The van der Waals surface area contributed by atoms with Gasteiger partial charge in [0.2, 0.25) is 0 Å². The molecule has 3 unspecified atom stereocenters. The summed E-state index contributed by atoms with van der Waals surface area (Å²) in [5.74, 6) is -1.65. The zero-order valence-electron chi connectivity index (χ0n) is 42.5. The second kappa shape index (κ2) is 49.8. The van der Waals surface area contributed by atoms with E-state index in [1.807, 2.05) is 12.2 Å². The van der Waals surface area contributed by atoms with Crippen LogP contribution in [-0.2, 0) is 42.2 Å². The van der Waals surface area contributed by atoms with Crippen molar-refractivity contribution >= 4 is 25.7 Å². The highest BCUT2D eigenvalue weighted by atomic mass is 31.2. The standard InChI is InChI=1S/C56H93O11P/c1-4-7-10-13-16-19-22-25-26-29-30-33-36-39-42-45-54(58)63-49-53(67-56(60)47-44-41-38-35-32-28-24-21-18-15-12-9-6-3)51-65-68(61,62)64-50-52(48-57)66-55(59)46-43-40-37-34-31-27-23-20-17-14-11-8-5-2/h7,10,12,15-16,19-21,23-26,30,33,39,42,52-53,57H,4-6,8-9,11,13-14,17-18,22,27-29,31-32,34-38,40-41,43-51H2,1-3H3,(H,61,62)/b10-7-,15-12-,19-16-,23-20-,24-21-,26-25-,33-30-,42-39-. The van der Waals surface area contributed by atoms with Crippen LogP contribution in [0.2, 0.25) is 0 Å². The number of hydrogen-bond donors (Lipinski definition) is 2. The summed E-state index contributed by atoms with van der Waals surface area (Å²) in [6, 6.07) is 0. The van der Waals surface area contributed by atoms with Gasteiger partial charge in [0.1, 0.15) is 12.7 Å². The van der Waals surface area contributed by atoms with Crippen molar-refractivity contribution in [1.82, 2.24) is 0 Å². The summed E-state index contributed by atoms with van der Waals surface area (Å²) < 4.78 is 39.2. The second-order valence-corrected chi connectivity index (χ2v) is 18.4. The van der Waals surface area contributed by atoms with Gasteiger partial charge in [-0.25, -0.2) is 4.57 Å². The van der Waals surface area contributed by atoms with Crippen LogP contribution < -0.4 is 0 Å². The number of esters is 3. The number of carbonyl (C=O) groups is 3. The molecule has 0 spiro atoms. The highest BCUT2D eigenvalue weighted by Gasteiger charge is 2.28. The molecule has 0 rings (SSSR count). The zero-order chi connectivity index (χ0) is 49.9. The van der Waals surface area contributed by atoms with E-state index < -0.39 is 64.4 Å². The molecule has 0 aromatic carbocycles. The molecule has 0 aliphatic rings. The molecular weight excluding hydrogens is 880 g/mol. The van der Waals surface area contributed by atoms with Gasteiger partial charge in [0.15, 0.2) is 6.10 Å². The molecule has 0 aromatic rings. The van der Waals surface area contributed by atoms with E-state index in [9.17, 15) is 28.9 Å². The minimum Gasteiger partial charge on any atom is -0.461 e. The van der Waals surface area contributed by atoms with Gasteiger partial charge < -0.3 is 24.2 Å². The molecule has 0 aliphatic carbocycles. The van der Waals surface area contributed by atoms with Gasteiger partial charge in [-0.1, -0.05) is 182 Å². The molecule has 0 fully saturated rings.